The summed E-state index contributed by atoms with van der Waals surface area (Å²) in [6, 6.07) is 0. The summed E-state index contributed by atoms with van der Waals surface area (Å²) in [6.07, 6.45) is 66.8. The van der Waals surface area contributed by atoms with Gasteiger partial charge in [-0.2, -0.15) is 0 Å². The lowest BCUT2D eigenvalue weighted by molar-refractivity contribution is -0.167. The van der Waals surface area contributed by atoms with Crippen molar-refractivity contribution in [2.24, 2.45) is 0 Å². The first-order valence-corrected chi connectivity index (χ1v) is 28.6. The Kier molecular flexibility index (Phi) is 52.8. The SMILES string of the molecule is CCCCC/C=C\C/C=C\C/C=C\C/C=C\CCCC(=O)OC[C@H](COC(=O)CCCCCCCCCCCCCCCCCCCCC)OC(=O)CCCCCCCCCCCCCC. The molecule has 0 fully saturated rings. The van der Waals surface area contributed by atoms with E-state index in [9.17, 15) is 14.4 Å². The number of carbonyl (C=O) groups excluding carboxylic acids is 3. The molecule has 384 valence electrons. The average Bonchev–Trinajstić information content (AvgIpc) is 3.31. The van der Waals surface area contributed by atoms with Gasteiger partial charge in [0.15, 0.2) is 6.10 Å². The van der Waals surface area contributed by atoms with Crippen LogP contribution < -0.4 is 0 Å². The van der Waals surface area contributed by atoms with Crippen molar-refractivity contribution < 1.29 is 28.6 Å². The topological polar surface area (TPSA) is 78.9 Å². The smallest absolute Gasteiger partial charge is 0.306 e. The van der Waals surface area contributed by atoms with Crippen LogP contribution in [0.5, 0.6) is 0 Å². The Balaban J connectivity index is 4.37. The number of hydrogen-bond donors (Lipinski definition) is 0. The van der Waals surface area contributed by atoms with E-state index in [1.807, 2.05) is 0 Å². The standard InChI is InChI=1S/C60H108O6/c1-4-7-10-13-16-19-22-25-27-29-30-32-34-36-39-41-44-47-50-53-59(62)65-56-57(66-60(63)54-51-48-45-42-37-24-21-18-15-12-9-6-3)55-64-58(61)52-49-46-43-40-38-35-33-31-28-26-23-20-17-14-11-8-5-2/h17,20,26,28,33,35,40,43,57H,4-16,18-19,21-25,27,29-32,34,36-39,41-42,44-56H2,1-3H3/b20-17-,28-26-,35-33-,43-40-/t57-/m1/s1. The van der Waals surface area contributed by atoms with Crippen molar-refractivity contribution in [2.75, 3.05) is 13.2 Å². The lowest BCUT2D eigenvalue weighted by atomic mass is 10.0. The maximum absolute atomic E-state index is 12.8. The molecule has 0 aliphatic rings. The molecule has 6 heteroatoms. The molecule has 0 unspecified atom stereocenters. The molecule has 0 N–H and O–H groups in total. The average molecular weight is 926 g/mol. The Labute approximate surface area is 409 Å². The molecule has 0 rings (SSSR count). The fourth-order valence-corrected chi connectivity index (χ4v) is 8.26. The van der Waals surface area contributed by atoms with Crippen LogP contribution in [-0.2, 0) is 28.6 Å². The number of rotatable bonds is 52. The van der Waals surface area contributed by atoms with Crippen LogP contribution in [0.3, 0.4) is 0 Å². The normalized spacial score (nSPS) is 12.3. The second-order valence-electron chi connectivity index (χ2n) is 19.2. The second-order valence-corrected chi connectivity index (χ2v) is 19.2. The summed E-state index contributed by atoms with van der Waals surface area (Å²) in [5.74, 6) is -0.929. The molecule has 0 aliphatic carbocycles. The minimum absolute atomic E-state index is 0.0857. The predicted molar refractivity (Wildman–Crippen MR) is 284 cm³/mol. The van der Waals surface area contributed by atoms with Crippen LogP contribution in [0, 0.1) is 0 Å². The molecular formula is C60H108O6. The van der Waals surface area contributed by atoms with Crippen LogP contribution in [0.1, 0.15) is 297 Å². The van der Waals surface area contributed by atoms with Crippen LogP contribution in [0.15, 0.2) is 48.6 Å². The quantitative estimate of drug-likeness (QED) is 0.0262. The van der Waals surface area contributed by atoms with Crippen molar-refractivity contribution in [3.8, 4) is 0 Å². The van der Waals surface area contributed by atoms with E-state index in [4.69, 9.17) is 14.2 Å². The third-order valence-corrected chi connectivity index (χ3v) is 12.6. The summed E-state index contributed by atoms with van der Waals surface area (Å²) in [5, 5.41) is 0. The third kappa shape index (κ3) is 52.3. The Morgan fingerprint density at radius 3 is 0.909 bits per heavy atom. The number of hydrogen-bond acceptors (Lipinski definition) is 6. The first kappa shape index (κ1) is 63.4. The third-order valence-electron chi connectivity index (χ3n) is 12.6. The minimum atomic E-state index is -0.790. The summed E-state index contributed by atoms with van der Waals surface area (Å²) in [5.41, 5.74) is 0. The molecule has 6 nitrogen and oxygen atoms in total. The molecular weight excluding hydrogens is 817 g/mol. The summed E-state index contributed by atoms with van der Waals surface area (Å²) >= 11 is 0. The van der Waals surface area contributed by atoms with Gasteiger partial charge in [-0.05, 0) is 57.8 Å². The van der Waals surface area contributed by atoms with E-state index in [0.29, 0.717) is 19.3 Å². The molecule has 0 aromatic heterocycles. The summed E-state index contributed by atoms with van der Waals surface area (Å²) in [7, 11) is 0. The minimum Gasteiger partial charge on any atom is -0.462 e. The van der Waals surface area contributed by atoms with Gasteiger partial charge in [0.2, 0.25) is 0 Å². The van der Waals surface area contributed by atoms with E-state index < -0.39 is 6.10 Å². The van der Waals surface area contributed by atoms with E-state index in [1.54, 1.807) is 0 Å². The van der Waals surface area contributed by atoms with Gasteiger partial charge in [0, 0.05) is 19.3 Å². The monoisotopic (exact) mass is 925 g/mol. The Bertz CT molecular complexity index is 1150. The first-order chi connectivity index (χ1) is 32.5. The molecule has 0 bridgehead atoms. The lowest BCUT2D eigenvalue weighted by Crippen LogP contribution is -2.30. The molecule has 0 heterocycles. The zero-order chi connectivity index (χ0) is 47.9. The Morgan fingerprint density at radius 2 is 0.561 bits per heavy atom. The van der Waals surface area contributed by atoms with E-state index >= 15 is 0 Å². The lowest BCUT2D eigenvalue weighted by Gasteiger charge is -2.18. The fourth-order valence-electron chi connectivity index (χ4n) is 8.26. The number of allylic oxidation sites excluding steroid dienone is 8. The fraction of sp³-hybridized carbons (Fsp3) is 0.817. The van der Waals surface area contributed by atoms with Gasteiger partial charge >= 0.3 is 17.9 Å². The maximum atomic E-state index is 12.8. The summed E-state index contributed by atoms with van der Waals surface area (Å²) in [6.45, 7) is 6.60. The van der Waals surface area contributed by atoms with Crippen LogP contribution >= 0.6 is 0 Å². The molecule has 66 heavy (non-hydrogen) atoms. The van der Waals surface area contributed by atoms with Crippen molar-refractivity contribution in [3.63, 3.8) is 0 Å². The molecule has 1 atom stereocenters. The highest BCUT2D eigenvalue weighted by Gasteiger charge is 2.19. The van der Waals surface area contributed by atoms with Crippen molar-refractivity contribution in [1.82, 2.24) is 0 Å². The van der Waals surface area contributed by atoms with Gasteiger partial charge in [-0.3, -0.25) is 14.4 Å². The maximum Gasteiger partial charge on any atom is 0.306 e. The highest BCUT2D eigenvalue weighted by molar-refractivity contribution is 5.71. The highest BCUT2D eigenvalue weighted by Crippen LogP contribution is 2.17. The van der Waals surface area contributed by atoms with Gasteiger partial charge in [-0.25, -0.2) is 0 Å². The largest absolute Gasteiger partial charge is 0.462 e. The van der Waals surface area contributed by atoms with Crippen LogP contribution in [0.4, 0.5) is 0 Å². The highest BCUT2D eigenvalue weighted by atomic mass is 16.6. The molecule has 0 spiro atoms. The van der Waals surface area contributed by atoms with E-state index in [-0.39, 0.29) is 37.5 Å². The van der Waals surface area contributed by atoms with Crippen molar-refractivity contribution in [3.05, 3.63) is 48.6 Å². The summed E-state index contributed by atoms with van der Waals surface area (Å²) in [4.78, 5) is 38.1. The molecule has 0 saturated carbocycles. The number of unbranched alkanes of at least 4 members (excludes halogenated alkanes) is 33. The van der Waals surface area contributed by atoms with Crippen molar-refractivity contribution >= 4 is 17.9 Å². The molecule has 0 radical (unpaired) electrons. The molecule has 0 aromatic rings. The van der Waals surface area contributed by atoms with Crippen LogP contribution in [0.25, 0.3) is 0 Å². The van der Waals surface area contributed by atoms with Crippen LogP contribution in [0.2, 0.25) is 0 Å². The second kappa shape index (κ2) is 55.0. The van der Waals surface area contributed by atoms with Gasteiger partial charge < -0.3 is 14.2 Å². The van der Waals surface area contributed by atoms with Crippen LogP contribution in [-0.4, -0.2) is 37.2 Å². The first-order valence-electron chi connectivity index (χ1n) is 28.6. The van der Waals surface area contributed by atoms with Gasteiger partial charge in [-0.15, -0.1) is 0 Å². The summed E-state index contributed by atoms with van der Waals surface area (Å²) < 4.78 is 16.8. The molecule has 0 amide bonds. The van der Waals surface area contributed by atoms with Gasteiger partial charge in [0.05, 0.1) is 0 Å². The van der Waals surface area contributed by atoms with Gasteiger partial charge in [0.25, 0.3) is 0 Å². The van der Waals surface area contributed by atoms with E-state index in [1.165, 1.54) is 186 Å². The number of carbonyl (C=O) groups is 3. The molecule has 0 aliphatic heterocycles. The van der Waals surface area contributed by atoms with E-state index in [0.717, 1.165) is 64.2 Å². The number of ether oxygens (including phenoxy) is 3. The Morgan fingerprint density at radius 1 is 0.303 bits per heavy atom. The predicted octanol–water partition coefficient (Wildman–Crippen LogP) is 19.0. The van der Waals surface area contributed by atoms with Crippen molar-refractivity contribution in [1.29, 1.82) is 0 Å². The van der Waals surface area contributed by atoms with E-state index in [2.05, 4.69) is 69.4 Å². The van der Waals surface area contributed by atoms with Gasteiger partial charge in [-0.1, -0.05) is 268 Å². The number of esters is 3. The zero-order valence-electron chi connectivity index (χ0n) is 44.0. The zero-order valence-corrected chi connectivity index (χ0v) is 44.0. The van der Waals surface area contributed by atoms with Crippen molar-refractivity contribution in [2.45, 2.75) is 303 Å². The molecule has 0 aromatic carbocycles. The molecule has 0 saturated heterocycles. The Hall–Kier alpha value is -2.63. The van der Waals surface area contributed by atoms with Gasteiger partial charge in [0.1, 0.15) is 13.2 Å².